The minimum Gasteiger partial charge on any atom is -0.375 e. The second-order valence-electron chi connectivity index (χ2n) is 6.37. The average Bonchev–Trinajstić information content (AvgIpc) is 3.05. The van der Waals surface area contributed by atoms with Gasteiger partial charge >= 0.3 is 0 Å². The number of piperidine rings is 1. The van der Waals surface area contributed by atoms with Crippen LogP contribution in [-0.2, 0) is 20.9 Å². The predicted molar refractivity (Wildman–Crippen MR) is 94.6 cm³/mol. The number of hydrogen-bond acceptors (Lipinski definition) is 5. The fourth-order valence-electron chi connectivity index (χ4n) is 3.27. The number of nitrogens with zero attached hydrogens (tertiary/aromatic N) is 2. The van der Waals surface area contributed by atoms with Crippen molar-refractivity contribution >= 4 is 23.2 Å². The number of carbonyl (C=O) groups is 2. The number of methoxy groups -OCH3 is 1. The largest absolute Gasteiger partial charge is 0.375 e. The molecule has 6 nitrogen and oxygen atoms in total. The number of rotatable bonds is 8. The van der Waals surface area contributed by atoms with Gasteiger partial charge in [0.2, 0.25) is 11.8 Å². The van der Waals surface area contributed by atoms with Gasteiger partial charge < -0.3 is 15.4 Å². The highest BCUT2D eigenvalue weighted by Gasteiger charge is 2.29. The molecule has 2 amide bonds. The van der Waals surface area contributed by atoms with Gasteiger partial charge in [-0.25, -0.2) is 0 Å². The van der Waals surface area contributed by atoms with Gasteiger partial charge in [-0.3, -0.25) is 14.5 Å². The molecule has 134 valence electrons. The molecule has 2 heterocycles. The molecule has 1 aromatic heterocycles. The SMILES string of the molecule is COCC(=O)N(Cc1ccsc1)C1CCN(C(C)CC(N)=O)CC1. The first-order chi connectivity index (χ1) is 11.5. The lowest BCUT2D eigenvalue weighted by molar-refractivity contribution is -0.139. The van der Waals surface area contributed by atoms with Crippen LogP contribution in [0.15, 0.2) is 16.8 Å². The minimum atomic E-state index is -0.265. The molecule has 1 unspecified atom stereocenters. The Kier molecular flexibility index (Phi) is 7.20. The van der Waals surface area contributed by atoms with Gasteiger partial charge in [0.1, 0.15) is 6.61 Å². The highest BCUT2D eigenvalue weighted by atomic mass is 32.1. The molecule has 0 spiro atoms. The molecule has 1 aromatic rings. The van der Waals surface area contributed by atoms with E-state index in [0.29, 0.717) is 13.0 Å². The fourth-order valence-corrected chi connectivity index (χ4v) is 3.92. The van der Waals surface area contributed by atoms with Gasteiger partial charge in [0.25, 0.3) is 0 Å². The number of ether oxygens (including phenoxy) is 1. The Hall–Kier alpha value is -1.44. The average molecular weight is 353 g/mol. The molecule has 1 aliphatic rings. The number of amides is 2. The molecule has 1 aliphatic heterocycles. The lowest BCUT2D eigenvalue weighted by Gasteiger charge is -2.40. The van der Waals surface area contributed by atoms with E-state index >= 15 is 0 Å². The van der Waals surface area contributed by atoms with Gasteiger partial charge in [-0.15, -0.1) is 0 Å². The lowest BCUT2D eigenvalue weighted by Crippen LogP contribution is -2.50. The number of hydrogen-bond donors (Lipinski definition) is 1. The van der Waals surface area contributed by atoms with Crippen molar-refractivity contribution in [2.75, 3.05) is 26.8 Å². The molecule has 1 atom stereocenters. The second-order valence-corrected chi connectivity index (χ2v) is 7.15. The van der Waals surface area contributed by atoms with Crippen molar-refractivity contribution in [1.82, 2.24) is 9.80 Å². The number of primary amides is 1. The zero-order chi connectivity index (χ0) is 17.5. The van der Waals surface area contributed by atoms with Gasteiger partial charge in [0.05, 0.1) is 0 Å². The summed E-state index contributed by atoms with van der Waals surface area (Å²) in [6.45, 7) is 4.53. The molecule has 1 saturated heterocycles. The maximum atomic E-state index is 12.5. The molecule has 0 aromatic carbocycles. The number of thiophene rings is 1. The standard InChI is InChI=1S/C17H27N3O3S/c1-13(9-16(18)21)19-6-3-15(4-7-19)20(17(22)11-23-2)10-14-5-8-24-12-14/h5,8,12-13,15H,3-4,6-7,9-11H2,1-2H3,(H2,18,21). The maximum Gasteiger partial charge on any atom is 0.249 e. The summed E-state index contributed by atoms with van der Waals surface area (Å²) >= 11 is 1.64. The van der Waals surface area contributed by atoms with E-state index in [4.69, 9.17) is 10.5 Å². The summed E-state index contributed by atoms with van der Waals surface area (Å²) in [5.41, 5.74) is 6.45. The van der Waals surface area contributed by atoms with Crippen molar-refractivity contribution in [3.63, 3.8) is 0 Å². The van der Waals surface area contributed by atoms with Gasteiger partial charge in [-0.1, -0.05) is 0 Å². The molecule has 0 saturated carbocycles. The van der Waals surface area contributed by atoms with Crippen LogP contribution in [0.3, 0.4) is 0 Å². The Morgan fingerprint density at radius 1 is 1.46 bits per heavy atom. The molecular formula is C17H27N3O3S. The van der Waals surface area contributed by atoms with E-state index in [-0.39, 0.29) is 30.5 Å². The van der Waals surface area contributed by atoms with Crippen molar-refractivity contribution in [2.24, 2.45) is 5.73 Å². The minimum absolute atomic E-state index is 0.0346. The summed E-state index contributed by atoms with van der Waals surface area (Å²) in [4.78, 5) is 27.8. The van der Waals surface area contributed by atoms with Crippen LogP contribution < -0.4 is 5.73 Å². The number of nitrogens with two attached hydrogens (primary N) is 1. The van der Waals surface area contributed by atoms with Crippen molar-refractivity contribution < 1.29 is 14.3 Å². The highest BCUT2D eigenvalue weighted by Crippen LogP contribution is 2.22. The molecule has 24 heavy (non-hydrogen) atoms. The highest BCUT2D eigenvalue weighted by molar-refractivity contribution is 7.07. The van der Waals surface area contributed by atoms with Crippen LogP contribution in [0.25, 0.3) is 0 Å². The Balaban J connectivity index is 1.96. The van der Waals surface area contributed by atoms with Gasteiger partial charge in [0.15, 0.2) is 0 Å². The van der Waals surface area contributed by atoms with E-state index < -0.39 is 0 Å². The monoisotopic (exact) mass is 353 g/mol. The fraction of sp³-hybridized carbons (Fsp3) is 0.647. The first kappa shape index (κ1) is 18.9. The first-order valence-corrected chi connectivity index (χ1v) is 9.27. The quantitative estimate of drug-likeness (QED) is 0.767. The van der Waals surface area contributed by atoms with Crippen molar-refractivity contribution in [2.45, 2.75) is 44.8 Å². The summed E-state index contributed by atoms with van der Waals surface area (Å²) in [7, 11) is 1.55. The van der Waals surface area contributed by atoms with E-state index in [0.717, 1.165) is 31.5 Å². The smallest absolute Gasteiger partial charge is 0.249 e. The number of carbonyl (C=O) groups excluding carboxylic acids is 2. The van der Waals surface area contributed by atoms with Crippen LogP contribution in [0.4, 0.5) is 0 Å². The molecular weight excluding hydrogens is 326 g/mol. The van der Waals surface area contributed by atoms with Crippen LogP contribution in [0.1, 0.15) is 31.7 Å². The van der Waals surface area contributed by atoms with Gasteiger partial charge in [-0.2, -0.15) is 11.3 Å². The summed E-state index contributed by atoms with van der Waals surface area (Å²) in [6, 6.07) is 2.43. The molecule has 2 rings (SSSR count). The van der Waals surface area contributed by atoms with Crippen LogP contribution in [0.5, 0.6) is 0 Å². The maximum absolute atomic E-state index is 12.5. The van der Waals surface area contributed by atoms with E-state index in [1.165, 1.54) is 0 Å². The van der Waals surface area contributed by atoms with Crippen LogP contribution >= 0.6 is 11.3 Å². The predicted octanol–water partition coefficient (Wildman–Crippen LogP) is 1.45. The van der Waals surface area contributed by atoms with Crippen molar-refractivity contribution in [1.29, 1.82) is 0 Å². The van der Waals surface area contributed by atoms with Gasteiger partial charge in [-0.05, 0) is 42.2 Å². The second kappa shape index (κ2) is 9.15. The third-order valence-corrected chi connectivity index (χ3v) is 5.31. The third-order valence-electron chi connectivity index (χ3n) is 4.58. The zero-order valence-electron chi connectivity index (χ0n) is 14.4. The van der Waals surface area contributed by atoms with E-state index in [9.17, 15) is 9.59 Å². The molecule has 7 heteroatoms. The topological polar surface area (TPSA) is 75.9 Å². The van der Waals surface area contributed by atoms with Crippen molar-refractivity contribution in [3.05, 3.63) is 22.4 Å². The molecule has 2 N–H and O–H groups in total. The lowest BCUT2D eigenvalue weighted by atomic mass is 10.00. The normalized spacial score (nSPS) is 17.6. The zero-order valence-corrected chi connectivity index (χ0v) is 15.3. The Labute approximate surface area is 147 Å². The van der Waals surface area contributed by atoms with Gasteiger partial charge in [0, 0.05) is 45.2 Å². The van der Waals surface area contributed by atoms with Crippen LogP contribution in [0, 0.1) is 0 Å². The number of likely N-dealkylation sites (tertiary alicyclic amines) is 1. The first-order valence-electron chi connectivity index (χ1n) is 8.33. The van der Waals surface area contributed by atoms with Crippen molar-refractivity contribution in [3.8, 4) is 0 Å². The summed E-state index contributed by atoms with van der Waals surface area (Å²) in [6.07, 6.45) is 2.19. The molecule has 0 radical (unpaired) electrons. The molecule has 0 bridgehead atoms. The summed E-state index contributed by atoms with van der Waals surface area (Å²) in [5, 5.41) is 4.11. The Morgan fingerprint density at radius 3 is 2.71 bits per heavy atom. The molecule has 1 fully saturated rings. The van der Waals surface area contributed by atoms with E-state index in [1.807, 2.05) is 17.2 Å². The van der Waals surface area contributed by atoms with E-state index in [2.05, 4.69) is 16.3 Å². The molecule has 0 aliphatic carbocycles. The Bertz CT molecular complexity index is 527. The summed E-state index contributed by atoms with van der Waals surface area (Å²) in [5.74, 6) is -0.230. The Morgan fingerprint density at radius 2 is 2.17 bits per heavy atom. The summed E-state index contributed by atoms with van der Waals surface area (Å²) < 4.78 is 5.05. The van der Waals surface area contributed by atoms with Crippen LogP contribution in [0.2, 0.25) is 0 Å². The van der Waals surface area contributed by atoms with Crippen LogP contribution in [-0.4, -0.2) is 60.5 Å². The third kappa shape index (κ3) is 5.29. The van der Waals surface area contributed by atoms with E-state index in [1.54, 1.807) is 18.4 Å².